The zero-order valence-corrected chi connectivity index (χ0v) is 13.5. The Morgan fingerprint density at radius 2 is 1.88 bits per heavy atom. The largest absolute Gasteiger partial charge is 0.336 e. The zero-order valence-electron chi connectivity index (χ0n) is 8.65. The van der Waals surface area contributed by atoms with Crippen LogP contribution in [0.25, 0.3) is 0 Å². The highest BCUT2D eigenvalue weighted by Crippen LogP contribution is 2.33. The summed E-state index contributed by atoms with van der Waals surface area (Å²) in [5.41, 5.74) is 0. The van der Waals surface area contributed by atoms with Crippen molar-refractivity contribution in [3.63, 3.8) is 0 Å². The number of sulfone groups is 1. The molecule has 0 spiro atoms. The summed E-state index contributed by atoms with van der Waals surface area (Å²) < 4.78 is 24.2. The number of amides is 1. The van der Waals surface area contributed by atoms with Crippen LogP contribution in [0.1, 0.15) is 9.67 Å². The highest BCUT2D eigenvalue weighted by atomic mass is 79.9. The van der Waals surface area contributed by atoms with Crippen LogP contribution in [0.15, 0.2) is 14.3 Å². The maximum atomic E-state index is 12.1. The van der Waals surface area contributed by atoms with Gasteiger partial charge < -0.3 is 4.90 Å². The lowest BCUT2D eigenvalue weighted by Gasteiger charge is -2.26. The van der Waals surface area contributed by atoms with Gasteiger partial charge in [0.25, 0.3) is 5.91 Å². The van der Waals surface area contributed by atoms with Crippen LogP contribution in [0.4, 0.5) is 0 Å². The summed E-state index contributed by atoms with van der Waals surface area (Å²) in [5, 5.41) is 0. The number of carbonyl (C=O) groups is 1. The van der Waals surface area contributed by atoms with Crippen LogP contribution in [0, 0.1) is 0 Å². The second-order valence-corrected chi connectivity index (χ2v) is 9.20. The molecule has 1 aromatic rings. The molecular weight excluding hydrogens is 394 g/mol. The van der Waals surface area contributed by atoms with Gasteiger partial charge in [-0.2, -0.15) is 0 Å². The molecule has 0 radical (unpaired) electrons. The Balaban J connectivity index is 2.12. The fourth-order valence-electron chi connectivity index (χ4n) is 1.52. The van der Waals surface area contributed by atoms with E-state index in [1.54, 1.807) is 11.0 Å². The minimum Gasteiger partial charge on any atom is -0.336 e. The Bertz CT molecular complexity index is 519. The molecule has 1 fully saturated rings. The Labute approximate surface area is 120 Å². The van der Waals surface area contributed by atoms with Crippen LogP contribution >= 0.6 is 43.2 Å². The molecule has 0 aromatic carbocycles. The molecule has 1 saturated heterocycles. The molecule has 0 saturated carbocycles. The van der Waals surface area contributed by atoms with Crippen molar-refractivity contribution in [2.24, 2.45) is 0 Å². The number of hydrogen-bond donors (Lipinski definition) is 0. The van der Waals surface area contributed by atoms with Gasteiger partial charge >= 0.3 is 0 Å². The van der Waals surface area contributed by atoms with Gasteiger partial charge in [0.2, 0.25) is 0 Å². The summed E-state index contributed by atoms with van der Waals surface area (Å²) in [6.45, 7) is 0.572. The second kappa shape index (κ2) is 4.99. The summed E-state index contributed by atoms with van der Waals surface area (Å²) in [6, 6.07) is 1.75. The molecule has 1 aromatic heterocycles. The van der Waals surface area contributed by atoms with Crippen molar-refractivity contribution in [2.45, 2.75) is 0 Å². The molecule has 0 N–H and O–H groups in total. The van der Waals surface area contributed by atoms with Gasteiger partial charge in [0.05, 0.1) is 20.2 Å². The minimum absolute atomic E-state index is 0.0620. The van der Waals surface area contributed by atoms with Crippen LogP contribution in [-0.2, 0) is 9.84 Å². The lowest BCUT2D eigenvalue weighted by Crippen LogP contribution is -2.43. The highest BCUT2D eigenvalue weighted by molar-refractivity contribution is 9.13. The SMILES string of the molecule is O=C(c1cc(Br)c(Br)s1)N1CCS(=O)(=O)CC1. The van der Waals surface area contributed by atoms with Crippen molar-refractivity contribution in [1.82, 2.24) is 4.90 Å². The maximum Gasteiger partial charge on any atom is 0.264 e. The van der Waals surface area contributed by atoms with E-state index in [4.69, 9.17) is 0 Å². The van der Waals surface area contributed by atoms with E-state index in [0.29, 0.717) is 4.88 Å². The highest BCUT2D eigenvalue weighted by Gasteiger charge is 2.26. The Hall–Kier alpha value is 0.0800. The van der Waals surface area contributed by atoms with E-state index >= 15 is 0 Å². The predicted molar refractivity (Wildman–Crippen MR) is 74.3 cm³/mol. The van der Waals surface area contributed by atoms with E-state index in [1.807, 2.05) is 0 Å². The van der Waals surface area contributed by atoms with Crippen molar-refractivity contribution in [1.29, 1.82) is 0 Å². The summed E-state index contributed by atoms with van der Waals surface area (Å²) in [5.74, 6) is 0.0233. The normalized spacial score (nSPS) is 19.3. The molecule has 1 aliphatic rings. The molecule has 1 amide bonds. The quantitative estimate of drug-likeness (QED) is 0.723. The number of carbonyl (C=O) groups excluding carboxylic acids is 1. The Morgan fingerprint density at radius 1 is 1.29 bits per heavy atom. The van der Waals surface area contributed by atoms with Crippen molar-refractivity contribution in [2.75, 3.05) is 24.6 Å². The standard InChI is InChI=1S/C9H9Br2NO3S2/c10-6-5-7(16-8(6)11)9(13)12-1-3-17(14,15)4-2-12/h5H,1-4H2. The molecule has 2 heterocycles. The average Bonchev–Trinajstić information content (AvgIpc) is 2.58. The number of hydrogen-bond acceptors (Lipinski definition) is 4. The zero-order chi connectivity index (χ0) is 12.6. The van der Waals surface area contributed by atoms with E-state index in [0.717, 1.165) is 8.26 Å². The van der Waals surface area contributed by atoms with Crippen LogP contribution in [-0.4, -0.2) is 43.8 Å². The van der Waals surface area contributed by atoms with Crippen molar-refractivity contribution >= 4 is 58.9 Å². The second-order valence-electron chi connectivity index (χ2n) is 3.68. The molecule has 0 atom stereocenters. The summed E-state index contributed by atoms with van der Waals surface area (Å²) in [7, 11) is -2.94. The summed E-state index contributed by atoms with van der Waals surface area (Å²) >= 11 is 8.00. The third-order valence-electron chi connectivity index (χ3n) is 2.49. The van der Waals surface area contributed by atoms with Gasteiger partial charge in [0.1, 0.15) is 0 Å². The topological polar surface area (TPSA) is 54.5 Å². The first-order valence-corrected chi connectivity index (χ1v) is 9.06. The van der Waals surface area contributed by atoms with Gasteiger partial charge in [-0.25, -0.2) is 8.42 Å². The Kier molecular flexibility index (Phi) is 3.96. The fraction of sp³-hybridized carbons (Fsp3) is 0.444. The predicted octanol–water partition coefficient (Wildman–Crippen LogP) is 2.14. The number of halogens is 2. The molecular formula is C9H9Br2NO3S2. The molecule has 0 unspecified atom stereocenters. The molecule has 0 aliphatic carbocycles. The van der Waals surface area contributed by atoms with E-state index in [1.165, 1.54) is 11.3 Å². The summed E-state index contributed by atoms with van der Waals surface area (Å²) in [6.07, 6.45) is 0. The monoisotopic (exact) mass is 401 g/mol. The first-order chi connectivity index (χ1) is 7.89. The van der Waals surface area contributed by atoms with E-state index in [-0.39, 0.29) is 30.5 Å². The molecule has 17 heavy (non-hydrogen) atoms. The molecule has 8 heteroatoms. The van der Waals surface area contributed by atoms with Gasteiger partial charge in [-0.05, 0) is 37.9 Å². The van der Waals surface area contributed by atoms with Crippen molar-refractivity contribution in [3.05, 3.63) is 19.2 Å². The molecule has 1 aliphatic heterocycles. The fourth-order valence-corrected chi connectivity index (χ4v) is 4.73. The third-order valence-corrected chi connectivity index (χ3v) is 7.34. The maximum absolute atomic E-state index is 12.1. The van der Waals surface area contributed by atoms with Crippen LogP contribution in [0.2, 0.25) is 0 Å². The Morgan fingerprint density at radius 3 is 2.35 bits per heavy atom. The first kappa shape index (κ1) is 13.5. The van der Waals surface area contributed by atoms with Crippen molar-refractivity contribution < 1.29 is 13.2 Å². The van der Waals surface area contributed by atoms with Crippen LogP contribution in [0.3, 0.4) is 0 Å². The van der Waals surface area contributed by atoms with Gasteiger partial charge in [-0.3, -0.25) is 4.79 Å². The van der Waals surface area contributed by atoms with Gasteiger partial charge in [0.15, 0.2) is 9.84 Å². The van der Waals surface area contributed by atoms with Crippen LogP contribution < -0.4 is 0 Å². The third kappa shape index (κ3) is 3.10. The smallest absolute Gasteiger partial charge is 0.264 e. The van der Waals surface area contributed by atoms with E-state index in [9.17, 15) is 13.2 Å². The minimum atomic E-state index is -2.94. The molecule has 94 valence electrons. The number of nitrogens with zero attached hydrogens (tertiary/aromatic N) is 1. The molecule has 2 rings (SSSR count). The summed E-state index contributed by atoms with van der Waals surface area (Å²) in [4.78, 5) is 14.3. The molecule has 4 nitrogen and oxygen atoms in total. The molecule has 0 bridgehead atoms. The lowest BCUT2D eigenvalue weighted by atomic mass is 10.4. The van der Waals surface area contributed by atoms with E-state index in [2.05, 4.69) is 31.9 Å². The van der Waals surface area contributed by atoms with Gasteiger partial charge in [0, 0.05) is 17.6 Å². The first-order valence-electron chi connectivity index (χ1n) is 4.83. The van der Waals surface area contributed by atoms with Crippen LogP contribution in [0.5, 0.6) is 0 Å². The van der Waals surface area contributed by atoms with Gasteiger partial charge in [-0.15, -0.1) is 11.3 Å². The lowest BCUT2D eigenvalue weighted by molar-refractivity contribution is 0.0775. The average molecular weight is 403 g/mol. The van der Waals surface area contributed by atoms with Crippen molar-refractivity contribution in [3.8, 4) is 0 Å². The van der Waals surface area contributed by atoms with E-state index < -0.39 is 9.84 Å². The van der Waals surface area contributed by atoms with Gasteiger partial charge in [-0.1, -0.05) is 0 Å². The number of thiophene rings is 1. The number of rotatable bonds is 1.